The van der Waals surface area contributed by atoms with Crippen LogP contribution in [-0.4, -0.2) is 24.5 Å². The average molecular weight is 609 g/mol. The standard InChI is InChI=1S/C17H11ClI2N4O3/c18-12-9(7-21)3-6-11(13(12)19)22-14(15(20)26)17-24-23-16(27-17)8-1-4-10(25)5-2-8/h1-6,14-15,22,25-26H/t14-,15-/m1/s1. The van der Waals surface area contributed by atoms with E-state index in [1.54, 1.807) is 24.3 Å². The van der Waals surface area contributed by atoms with Crippen molar-refractivity contribution in [2.75, 3.05) is 5.32 Å². The van der Waals surface area contributed by atoms with E-state index in [0.717, 1.165) is 0 Å². The lowest BCUT2D eigenvalue weighted by Crippen LogP contribution is -2.21. The minimum Gasteiger partial charge on any atom is -0.508 e. The SMILES string of the molecule is N#Cc1ccc(N[C@@H](c2nnc(-c3ccc(O)cc3)o2)[C@@H](O)I)c(I)c1Cl. The van der Waals surface area contributed by atoms with E-state index in [9.17, 15) is 10.2 Å². The molecule has 3 rings (SSSR count). The second kappa shape index (κ2) is 8.59. The van der Waals surface area contributed by atoms with Gasteiger partial charge in [-0.2, -0.15) is 5.26 Å². The lowest BCUT2D eigenvalue weighted by Gasteiger charge is -2.19. The molecule has 0 aliphatic rings. The number of nitrogens with one attached hydrogen (secondary N) is 1. The fraction of sp³-hybridized carbons (Fsp3) is 0.118. The maximum absolute atomic E-state index is 10.2. The minimum absolute atomic E-state index is 0.132. The topological polar surface area (TPSA) is 115 Å². The van der Waals surface area contributed by atoms with Gasteiger partial charge in [-0.3, -0.25) is 0 Å². The highest BCUT2D eigenvalue weighted by Crippen LogP contribution is 2.34. The molecule has 0 amide bonds. The number of alkyl halides is 1. The van der Waals surface area contributed by atoms with Gasteiger partial charge in [0.25, 0.3) is 0 Å². The minimum atomic E-state index is -0.874. The highest BCUT2D eigenvalue weighted by molar-refractivity contribution is 14.1. The van der Waals surface area contributed by atoms with E-state index in [0.29, 0.717) is 25.4 Å². The third-order valence-electron chi connectivity index (χ3n) is 3.61. The first-order valence-corrected chi connectivity index (χ1v) is 10.2. The van der Waals surface area contributed by atoms with Crippen molar-refractivity contribution in [3.8, 4) is 23.3 Å². The first kappa shape index (κ1) is 20.1. The Morgan fingerprint density at radius 3 is 2.52 bits per heavy atom. The molecular formula is C17H11ClI2N4O3. The molecule has 0 radical (unpaired) electrons. The van der Waals surface area contributed by atoms with Crippen molar-refractivity contribution in [3.05, 3.63) is 56.4 Å². The molecule has 0 bridgehead atoms. The molecule has 0 fully saturated rings. The fourth-order valence-electron chi connectivity index (χ4n) is 2.24. The van der Waals surface area contributed by atoms with Crippen molar-refractivity contribution in [2.45, 2.75) is 10.2 Å². The van der Waals surface area contributed by atoms with E-state index >= 15 is 0 Å². The van der Waals surface area contributed by atoms with Crippen LogP contribution in [0, 0.1) is 14.9 Å². The number of phenolic OH excluding ortho intramolecular Hbond substituents is 1. The zero-order chi connectivity index (χ0) is 19.6. The van der Waals surface area contributed by atoms with E-state index in [2.05, 4.69) is 15.5 Å². The highest BCUT2D eigenvalue weighted by Gasteiger charge is 2.26. The second-order valence-corrected chi connectivity index (χ2v) is 8.12. The van der Waals surface area contributed by atoms with Crippen LogP contribution in [0.4, 0.5) is 5.69 Å². The molecule has 3 aromatic rings. The third-order valence-corrected chi connectivity index (χ3v) is 6.16. The lowest BCUT2D eigenvalue weighted by molar-refractivity contribution is 0.239. The molecule has 7 nitrogen and oxygen atoms in total. The van der Waals surface area contributed by atoms with Crippen molar-refractivity contribution in [1.29, 1.82) is 5.26 Å². The number of aromatic hydroxyl groups is 1. The Bertz CT molecular complexity index is 1000. The number of hydrogen-bond acceptors (Lipinski definition) is 7. The van der Waals surface area contributed by atoms with Gasteiger partial charge in [0.05, 0.1) is 14.2 Å². The number of halogens is 3. The maximum atomic E-state index is 10.2. The number of hydrogen-bond donors (Lipinski definition) is 3. The van der Waals surface area contributed by atoms with E-state index in [4.69, 9.17) is 21.3 Å². The van der Waals surface area contributed by atoms with Gasteiger partial charge in [-0.15, -0.1) is 10.2 Å². The van der Waals surface area contributed by atoms with Crippen LogP contribution in [-0.2, 0) is 0 Å². The Morgan fingerprint density at radius 1 is 1.19 bits per heavy atom. The monoisotopic (exact) mass is 608 g/mol. The molecule has 0 spiro atoms. The smallest absolute Gasteiger partial charge is 0.247 e. The van der Waals surface area contributed by atoms with Crippen LogP contribution >= 0.6 is 56.8 Å². The van der Waals surface area contributed by atoms with Gasteiger partial charge in [0.15, 0.2) is 0 Å². The van der Waals surface area contributed by atoms with Crippen molar-refractivity contribution < 1.29 is 14.6 Å². The van der Waals surface area contributed by atoms with Crippen molar-refractivity contribution in [2.24, 2.45) is 0 Å². The van der Waals surface area contributed by atoms with Crippen LogP contribution in [0.1, 0.15) is 17.5 Å². The summed E-state index contributed by atoms with van der Waals surface area (Å²) in [7, 11) is 0. The van der Waals surface area contributed by atoms with Crippen molar-refractivity contribution >= 4 is 62.5 Å². The molecule has 2 atom stereocenters. The van der Waals surface area contributed by atoms with Crippen LogP contribution in [0.2, 0.25) is 5.02 Å². The third kappa shape index (κ3) is 4.45. The number of aliphatic hydroxyl groups is 1. The van der Waals surface area contributed by atoms with Gasteiger partial charge in [0.2, 0.25) is 11.8 Å². The van der Waals surface area contributed by atoms with Crippen molar-refractivity contribution in [3.63, 3.8) is 0 Å². The molecule has 138 valence electrons. The van der Waals surface area contributed by atoms with Gasteiger partial charge in [0, 0.05) is 11.3 Å². The van der Waals surface area contributed by atoms with Crippen LogP contribution in [0.15, 0.2) is 40.8 Å². The number of phenols is 1. The quantitative estimate of drug-likeness (QED) is 0.289. The highest BCUT2D eigenvalue weighted by atomic mass is 127. The molecule has 3 N–H and O–H groups in total. The van der Waals surface area contributed by atoms with E-state index in [1.165, 1.54) is 12.1 Å². The summed E-state index contributed by atoms with van der Waals surface area (Å²) < 4.78 is 5.47. The first-order chi connectivity index (χ1) is 12.9. The molecule has 27 heavy (non-hydrogen) atoms. The molecule has 1 heterocycles. The molecule has 0 aliphatic carbocycles. The van der Waals surface area contributed by atoms with Crippen molar-refractivity contribution in [1.82, 2.24) is 10.2 Å². The summed E-state index contributed by atoms with van der Waals surface area (Å²) >= 11 is 10.1. The molecule has 0 saturated heterocycles. The zero-order valence-corrected chi connectivity index (χ0v) is 18.5. The van der Waals surface area contributed by atoms with Gasteiger partial charge < -0.3 is 19.9 Å². The van der Waals surface area contributed by atoms with Crippen LogP contribution in [0.5, 0.6) is 5.75 Å². The van der Waals surface area contributed by atoms with Gasteiger partial charge in [0.1, 0.15) is 22.0 Å². The normalized spacial score (nSPS) is 13.0. The number of rotatable bonds is 5. The second-order valence-electron chi connectivity index (χ2n) is 5.39. The largest absolute Gasteiger partial charge is 0.508 e. The number of aromatic nitrogens is 2. The predicted molar refractivity (Wildman–Crippen MR) is 117 cm³/mol. The number of benzene rings is 2. The molecule has 10 heteroatoms. The summed E-state index contributed by atoms with van der Waals surface area (Å²) in [5.41, 5.74) is 1.64. The molecule has 0 aliphatic heterocycles. The Hall–Kier alpha value is -1.62. The number of nitrogens with zero attached hydrogens (tertiary/aromatic N) is 3. The predicted octanol–water partition coefficient (Wildman–Crippen LogP) is 4.48. The van der Waals surface area contributed by atoms with Gasteiger partial charge in [-0.05, 0) is 81.6 Å². The average Bonchev–Trinajstić information content (AvgIpc) is 3.13. The molecular weight excluding hydrogens is 597 g/mol. The van der Waals surface area contributed by atoms with Crippen LogP contribution in [0.3, 0.4) is 0 Å². The number of anilines is 1. The zero-order valence-electron chi connectivity index (χ0n) is 13.4. The summed E-state index contributed by atoms with van der Waals surface area (Å²) in [5.74, 6) is 0.589. The first-order valence-electron chi connectivity index (χ1n) is 7.50. The van der Waals surface area contributed by atoms with Gasteiger partial charge in [-0.25, -0.2) is 0 Å². The summed E-state index contributed by atoms with van der Waals surface area (Å²) in [6.45, 7) is 0. The number of nitriles is 1. The number of aliphatic hydroxyl groups excluding tert-OH is 1. The van der Waals surface area contributed by atoms with Crippen LogP contribution in [0.25, 0.3) is 11.5 Å². The van der Waals surface area contributed by atoms with E-state index < -0.39 is 10.2 Å². The van der Waals surface area contributed by atoms with E-state index in [1.807, 2.05) is 51.3 Å². The lowest BCUT2D eigenvalue weighted by atomic mass is 10.2. The summed E-state index contributed by atoms with van der Waals surface area (Å²) in [6, 6.07) is 11.0. The van der Waals surface area contributed by atoms with Crippen LogP contribution < -0.4 is 5.32 Å². The molecule has 0 saturated carbocycles. The summed E-state index contributed by atoms with van der Waals surface area (Å²) in [4.78, 5) is 0. The maximum Gasteiger partial charge on any atom is 0.247 e. The summed E-state index contributed by atoms with van der Waals surface area (Å²) in [5, 5.41) is 40.1. The van der Waals surface area contributed by atoms with E-state index in [-0.39, 0.29) is 17.5 Å². The van der Waals surface area contributed by atoms with Gasteiger partial charge >= 0.3 is 0 Å². The Kier molecular flexibility index (Phi) is 6.40. The molecule has 0 unspecified atom stereocenters. The molecule has 1 aromatic heterocycles. The summed E-state index contributed by atoms with van der Waals surface area (Å²) in [6.07, 6.45) is 0. The Labute approximate surface area is 186 Å². The van der Waals surface area contributed by atoms with Gasteiger partial charge in [-0.1, -0.05) is 11.6 Å². The Morgan fingerprint density at radius 2 is 1.89 bits per heavy atom. The Balaban J connectivity index is 1.90. The fourth-order valence-corrected chi connectivity index (χ4v) is 3.56. The molecule has 2 aromatic carbocycles.